The minimum Gasteiger partial charge on any atom is -0.481 e. The fourth-order valence-electron chi connectivity index (χ4n) is 2.20. The van der Waals surface area contributed by atoms with Crippen LogP contribution in [0.25, 0.3) is 0 Å². The number of hydrogen-bond acceptors (Lipinski definition) is 5. The van der Waals surface area contributed by atoms with Crippen molar-refractivity contribution in [2.45, 2.75) is 19.0 Å². The van der Waals surface area contributed by atoms with Crippen molar-refractivity contribution in [2.75, 3.05) is 20.2 Å². The second kappa shape index (κ2) is 6.33. The Bertz CT molecular complexity index is 489. The van der Waals surface area contributed by atoms with Crippen molar-refractivity contribution in [1.82, 2.24) is 15.2 Å². The van der Waals surface area contributed by atoms with Crippen LogP contribution in [-0.4, -0.2) is 53.1 Å². The highest BCUT2D eigenvalue weighted by molar-refractivity contribution is 5.86. The first-order valence-corrected chi connectivity index (χ1v) is 6.32. The third-order valence-electron chi connectivity index (χ3n) is 3.20. The number of nitrogens with zero attached hydrogens (tertiary/aromatic N) is 2. The summed E-state index contributed by atoms with van der Waals surface area (Å²) in [5.41, 5.74) is 0.913. The number of carbonyl (C=O) groups excluding carboxylic acids is 1. The number of aliphatic carboxylic acids is 1. The van der Waals surface area contributed by atoms with Crippen molar-refractivity contribution in [3.63, 3.8) is 0 Å². The molecule has 108 valence electrons. The number of rotatable bonds is 5. The van der Waals surface area contributed by atoms with Crippen LogP contribution in [0.2, 0.25) is 0 Å². The first-order chi connectivity index (χ1) is 9.60. The molecule has 0 saturated carbocycles. The number of ether oxygens (including phenoxy) is 1. The van der Waals surface area contributed by atoms with E-state index in [9.17, 15) is 9.59 Å². The Balaban J connectivity index is 2.07. The lowest BCUT2D eigenvalue weighted by Gasteiger charge is -2.34. The van der Waals surface area contributed by atoms with Crippen LogP contribution in [-0.2, 0) is 16.1 Å². The molecule has 2 rings (SSSR count). The molecule has 0 radical (unpaired) electrons. The minimum absolute atomic E-state index is 0.199. The zero-order chi connectivity index (χ0) is 14.5. The molecular formula is C13H17N3O4. The number of hydrogen-bond donors (Lipinski definition) is 2. The first-order valence-electron chi connectivity index (χ1n) is 6.32. The summed E-state index contributed by atoms with van der Waals surface area (Å²) in [7, 11) is 1.54. The molecule has 0 bridgehead atoms. The van der Waals surface area contributed by atoms with E-state index in [4.69, 9.17) is 9.84 Å². The molecule has 1 saturated heterocycles. The van der Waals surface area contributed by atoms with Crippen molar-refractivity contribution < 1.29 is 19.4 Å². The van der Waals surface area contributed by atoms with Crippen LogP contribution in [0.4, 0.5) is 0 Å². The maximum absolute atomic E-state index is 11.8. The van der Waals surface area contributed by atoms with E-state index in [1.165, 1.54) is 0 Å². The first kappa shape index (κ1) is 14.3. The lowest BCUT2D eigenvalue weighted by Crippen LogP contribution is -2.55. The molecule has 0 aliphatic carbocycles. The summed E-state index contributed by atoms with van der Waals surface area (Å²) in [5, 5.41) is 11.6. The summed E-state index contributed by atoms with van der Waals surface area (Å²) in [6, 6.07) is 2.96. The Labute approximate surface area is 116 Å². The Morgan fingerprint density at radius 2 is 2.40 bits per heavy atom. The van der Waals surface area contributed by atoms with Crippen LogP contribution in [0, 0.1) is 0 Å². The lowest BCUT2D eigenvalue weighted by atomic mass is 10.1. The number of carboxylic acids is 1. The van der Waals surface area contributed by atoms with Crippen molar-refractivity contribution in [3.8, 4) is 5.88 Å². The molecule has 0 spiro atoms. The largest absolute Gasteiger partial charge is 0.481 e. The monoisotopic (exact) mass is 279 g/mol. The van der Waals surface area contributed by atoms with Crippen molar-refractivity contribution in [2.24, 2.45) is 0 Å². The number of carbonyl (C=O) groups is 2. The van der Waals surface area contributed by atoms with Crippen molar-refractivity contribution in [3.05, 3.63) is 23.9 Å². The van der Waals surface area contributed by atoms with E-state index in [0.717, 1.165) is 5.56 Å². The fraction of sp³-hybridized carbons (Fsp3) is 0.462. The van der Waals surface area contributed by atoms with Gasteiger partial charge in [0.15, 0.2) is 0 Å². The van der Waals surface area contributed by atoms with Gasteiger partial charge in [-0.3, -0.25) is 14.5 Å². The van der Waals surface area contributed by atoms with Crippen LogP contribution in [0.5, 0.6) is 5.88 Å². The van der Waals surface area contributed by atoms with Gasteiger partial charge in [-0.15, -0.1) is 0 Å². The zero-order valence-corrected chi connectivity index (χ0v) is 11.2. The van der Waals surface area contributed by atoms with Gasteiger partial charge in [-0.05, 0) is 5.56 Å². The quantitative estimate of drug-likeness (QED) is 0.780. The highest BCUT2D eigenvalue weighted by Gasteiger charge is 2.31. The average molecular weight is 279 g/mol. The summed E-state index contributed by atoms with van der Waals surface area (Å²) in [4.78, 5) is 28.6. The van der Waals surface area contributed by atoms with Gasteiger partial charge < -0.3 is 15.2 Å². The maximum atomic E-state index is 11.8. The van der Waals surface area contributed by atoms with Gasteiger partial charge in [-0.2, -0.15) is 0 Å². The molecular weight excluding hydrogens is 262 g/mol. The molecule has 1 unspecified atom stereocenters. The highest BCUT2D eigenvalue weighted by atomic mass is 16.5. The number of methoxy groups -OCH3 is 1. The predicted octanol–water partition coefficient (Wildman–Crippen LogP) is -0.135. The normalized spacial score (nSPS) is 19.4. The molecule has 2 heterocycles. The molecule has 1 atom stereocenters. The molecule has 0 aromatic carbocycles. The van der Waals surface area contributed by atoms with Gasteiger partial charge >= 0.3 is 5.97 Å². The van der Waals surface area contributed by atoms with Gasteiger partial charge in [0.25, 0.3) is 0 Å². The summed E-state index contributed by atoms with van der Waals surface area (Å²) in [5.74, 6) is -0.697. The molecule has 20 heavy (non-hydrogen) atoms. The standard InChI is InChI=1S/C13H17N3O4/c1-20-11-3-2-9(7-15-11)8-16-5-4-14-13(19)10(16)6-12(17)18/h2-3,7,10H,4-6,8H2,1H3,(H,14,19)(H,17,18). The van der Waals surface area contributed by atoms with Gasteiger partial charge in [0, 0.05) is 31.9 Å². The van der Waals surface area contributed by atoms with Gasteiger partial charge in [0.2, 0.25) is 11.8 Å². The Kier molecular flexibility index (Phi) is 4.52. The van der Waals surface area contributed by atoms with Gasteiger partial charge in [-0.1, -0.05) is 6.07 Å². The molecule has 2 N–H and O–H groups in total. The zero-order valence-electron chi connectivity index (χ0n) is 11.2. The van der Waals surface area contributed by atoms with Gasteiger partial charge in [-0.25, -0.2) is 4.98 Å². The molecule has 1 amide bonds. The van der Waals surface area contributed by atoms with E-state index >= 15 is 0 Å². The second-order valence-corrected chi connectivity index (χ2v) is 4.58. The lowest BCUT2D eigenvalue weighted by molar-refractivity contribution is -0.143. The van der Waals surface area contributed by atoms with E-state index in [-0.39, 0.29) is 12.3 Å². The Hall–Kier alpha value is -2.15. The third kappa shape index (κ3) is 3.45. The SMILES string of the molecule is COc1ccc(CN2CCNC(=O)C2CC(=O)O)cn1. The van der Waals surface area contributed by atoms with Crippen LogP contribution < -0.4 is 10.1 Å². The number of amides is 1. The maximum Gasteiger partial charge on any atom is 0.305 e. The van der Waals surface area contributed by atoms with E-state index in [2.05, 4.69) is 10.3 Å². The van der Waals surface area contributed by atoms with E-state index in [0.29, 0.717) is 25.5 Å². The number of nitrogens with one attached hydrogen (secondary N) is 1. The number of pyridine rings is 1. The molecule has 7 nitrogen and oxygen atoms in total. The molecule has 1 aliphatic rings. The van der Waals surface area contributed by atoms with Crippen molar-refractivity contribution in [1.29, 1.82) is 0 Å². The number of piperazine rings is 1. The third-order valence-corrected chi connectivity index (χ3v) is 3.20. The molecule has 1 fully saturated rings. The number of carboxylic acid groups (broad SMARTS) is 1. The van der Waals surface area contributed by atoms with E-state index < -0.39 is 12.0 Å². The van der Waals surface area contributed by atoms with Crippen LogP contribution in [0.15, 0.2) is 18.3 Å². The summed E-state index contributed by atoms with van der Waals surface area (Å²) >= 11 is 0. The summed E-state index contributed by atoms with van der Waals surface area (Å²) in [6.45, 7) is 1.64. The molecule has 7 heteroatoms. The molecule has 1 aliphatic heterocycles. The Morgan fingerprint density at radius 3 is 3.00 bits per heavy atom. The summed E-state index contributed by atoms with van der Waals surface area (Å²) in [6.07, 6.45) is 1.47. The number of aromatic nitrogens is 1. The van der Waals surface area contributed by atoms with Gasteiger partial charge in [0.1, 0.15) is 6.04 Å². The smallest absolute Gasteiger partial charge is 0.305 e. The fourth-order valence-corrected chi connectivity index (χ4v) is 2.20. The minimum atomic E-state index is -0.982. The Morgan fingerprint density at radius 1 is 1.60 bits per heavy atom. The second-order valence-electron chi connectivity index (χ2n) is 4.58. The molecule has 1 aromatic heterocycles. The van der Waals surface area contributed by atoms with Crippen LogP contribution in [0.1, 0.15) is 12.0 Å². The van der Waals surface area contributed by atoms with Crippen LogP contribution >= 0.6 is 0 Å². The summed E-state index contributed by atoms with van der Waals surface area (Å²) < 4.78 is 4.98. The van der Waals surface area contributed by atoms with Gasteiger partial charge in [0.05, 0.1) is 13.5 Å². The molecule has 1 aromatic rings. The van der Waals surface area contributed by atoms with Crippen molar-refractivity contribution >= 4 is 11.9 Å². The predicted molar refractivity (Wildman–Crippen MR) is 70.2 cm³/mol. The highest BCUT2D eigenvalue weighted by Crippen LogP contribution is 2.15. The average Bonchev–Trinajstić information content (AvgIpc) is 2.43. The van der Waals surface area contributed by atoms with E-state index in [1.54, 1.807) is 19.4 Å². The topological polar surface area (TPSA) is 91.8 Å². The van der Waals surface area contributed by atoms with Crippen LogP contribution in [0.3, 0.4) is 0 Å². The van der Waals surface area contributed by atoms with E-state index in [1.807, 2.05) is 11.0 Å².